The highest BCUT2D eigenvalue weighted by molar-refractivity contribution is 6.21. The molecular weight excluding hydrogens is 488 g/mol. The average Bonchev–Trinajstić information content (AvgIpc) is 2.93. The maximum atomic E-state index is 13.3. The van der Waals surface area contributed by atoms with Crippen LogP contribution in [0.2, 0.25) is 0 Å². The molecule has 1 aliphatic rings. The molecule has 11 heteroatoms. The lowest BCUT2D eigenvalue weighted by Crippen LogP contribution is -2.23. The van der Waals surface area contributed by atoms with Gasteiger partial charge in [0.05, 0.1) is 55.3 Å². The maximum absolute atomic E-state index is 13.3. The number of benzene rings is 3. The lowest BCUT2D eigenvalue weighted by atomic mass is 9.87. The monoisotopic (exact) mass is 514 g/mol. The van der Waals surface area contributed by atoms with Crippen molar-refractivity contribution < 1.29 is 52.2 Å². The topological polar surface area (TPSA) is 117 Å². The van der Waals surface area contributed by atoms with Crippen molar-refractivity contribution >= 4 is 22.7 Å². The van der Waals surface area contributed by atoms with Crippen molar-refractivity contribution in [1.82, 2.24) is 0 Å². The second-order valence-electron chi connectivity index (χ2n) is 7.62. The van der Waals surface area contributed by atoms with Crippen LogP contribution in [-0.2, 0) is 9.47 Å². The molecule has 0 amide bonds. The molecule has 37 heavy (non-hydrogen) atoms. The fraction of sp³-hybridized carbons (Fsp3) is 0.308. The molecule has 0 N–H and O–H groups in total. The van der Waals surface area contributed by atoms with Crippen LogP contribution in [0.25, 0.3) is 21.9 Å². The molecule has 0 fully saturated rings. The molecule has 0 spiro atoms. The third-order valence-corrected chi connectivity index (χ3v) is 5.99. The van der Waals surface area contributed by atoms with E-state index in [1.165, 1.54) is 49.8 Å². The highest BCUT2D eigenvalue weighted by atomic mass is 16.7. The number of cyclic esters (lactones) is 1. The Kier molecular flexibility index (Phi) is 7.05. The number of carbonyl (C=O) groups excluding carboxylic acids is 2. The fourth-order valence-electron chi connectivity index (χ4n) is 4.46. The number of hydrogen-bond donors (Lipinski definition) is 0. The Labute approximate surface area is 212 Å². The molecule has 11 nitrogen and oxygen atoms in total. The predicted octanol–water partition coefficient (Wildman–Crippen LogP) is 3.85. The molecule has 1 aliphatic heterocycles. The van der Waals surface area contributed by atoms with E-state index in [0.29, 0.717) is 39.3 Å². The summed E-state index contributed by atoms with van der Waals surface area (Å²) < 4.78 is 49.5. The summed E-state index contributed by atoms with van der Waals surface area (Å²) in [6, 6.07) is 4.91. The van der Waals surface area contributed by atoms with Crippen LogP contribution >= 0.6 is 0 Å². The number of esters is 2. The van der Waals surface area contributed by atoms with Gasteiger partial charge in [-0.1, -0.05) is 0 Å². The van der Waals surface area contributed by atoms with Gasteiger partial charge in [-0.2, -0.15) is 0 Å². The van der Waals surface area contributed by atoms with Gasteiger partial charge in [0.2, 0.25) is 18.3 Å². The largest absolute Gasteiger partial charge is 0.493 e. The van der Waals surface area contributed by atoms with Gasteiger partial charge in [-0.25, -0.2) is 9.59 Å². The van der Waals surface area contributed by atoms with Gasteiger partial charge in [-0.15, -0.1) is 0 Å². The molecule has 3 aromatic rings. The van der Waals surface area contributed by atoms with Crippen LogP contribution < -0.4 is 33.2 Å². The summed E-state index contributed by atoms with van der Waals surface area (Å²) in [7, 11) is 9.98. The molecule has 1 heterocycles. The van der Waals surface area contributed by atoms with E-state index in [2.05, 4.69) is 0 Å². The summed E-state index contributed by atoms with van der Waals surface area (Å²) in [5.74, 6) is 0.335. The van der Waals surface area contributed by atoms with E-state index >= 15 is 0 Å². The summed E-state index contributed by atoms with van der Waals surface area (Å²) in [5.41, 5.74) is 0.477. The van der Waals surface area contributed by atoms with E-state index in [-0.39, 0.29) is 40.7 Å². The van der Waals surface area contributed by atoms with E-state index < -0.39 is 11.9 Å². The molecular formula is C26H26O11. The van der Waals surface area contributed by atoms with Gasteiger partial charge in [0.1, 0.15) is 11.3 Å². The number of carbonyl (C=O) groups is 2. The van der Waals surface area contributed by atoms with Gasteiger partial charge in [0.25, 0.3) is 0 Å². The van der Waals surface area contributed by atoms with Crippen molar-refractivity contribution in [2.24, 2.45) is 0 Å². The van der Waals surface area contributed by atoms with Crippen LogP contribution in [0.3, 0.4) is 0 Å². The minimum Gasteiger partial charge on any atom is -0.493 e. The van der Waals surface area contributed by atoms with Crippen LogP contribution in [0.1, 0.15) is 20.7 Å². The predicted molar refractivity (Wildman–Crippen MR) is 131 cm³/mol. The zero-order chi connectivity index (χ0) is 26.9. The SMILES string of the molecule is COC(=O)c1c2c(c3cc(OC)c(OC)c(OC)c3c1-c1cc(OC)c(OC)c(OC)c1)OCOC2=O. The normalized spacial score (nSPS) is 12.1. The Hall–Kier alpha value is -4.54. The number of rotatable bonds is 8. The van der Waals surface area contributed by atoms with Gasteiger partial charge in [0, 0.05) is 16.3 Å². The van der Waals surface area contributed by atoms with E-state index in [1.54, 1.807) is 18.2 Å². The minimum absolute atomic E-state index is 0.102. The lowest BCUT2D eigenvalue weighted by molar-refractivity contribution is 0.00493. The Morgan fingerprint density at radius 1 is 0.703 bits per heavy atom. The quantitative estimate of drug-likeness (QED) is 0.408. The van der Waals surface area contributed by atoms with Gasteiger partial charge >= 0.3 is 11.9 Å². The third kappa shape index (κ3) is 3.92. The van der Waals surface area contributed by atoms with Gasteiger partial charge in [0.15, 0.2) is 23.0 Å². The van der Waals surface area contributed by atoms with Crippen molar-refractivity contribution in [3.63, 3.8) is 0 Å². The van der Waals surface area contributed by atoms with Crippen LogP contribution in [0, 0.1) is 0 Å². The van der Waals surface area contributed by atoms with Crippen molar-refractivity contribution in [2.45, 2.75) is 0 Å². The number of fused-ring (bicyclic) bond motifs is 3. The fourth-order valence-corrected chi connectivity index (χ4v) is 4.46. The number of ether oxygens (including phenoxy) is 9. The van der Waals surface area contributed by atoms with Crippen LogP contribution in [0.15, 0.2) is 18.2 Å². The van der Waals surface area contributed by atoms with Crippen molar-refractivity contribution in [1.29, 1.82) is 0 Å². The second-order valence-corrected chi connectivity index (χ2v) is 7.62. The molecule has 0 aliphatic carbocycles. The molecule has 0 atom stereocenters. The van der Waals surface area contributed by atoms with E-state index in [4.69, 9.17) is 42.6 Å². The average molecular weight is 514 g/mol. The number of hydrogen-bond acceptors (Lipinski definition) is 11. The highest BCUT2D eigenvalue weighted by Gasteiger charge is 2.37. The zero-order valence-electron chi connectivity index (χ0n) is 21.4. The zero-order valence-corrected chi connectivity index (χ0v) is 21.4. The summed E-state index contributed by atoms with van der Waals surface area (Å²) in [6.07, 6.45) is 0. The minimum atomic E-state index is -0.804. The second kappa shape index (κ2) is 10.2. The van der Waals surface area contributed by atoms with Crippen LogP contribution in [-0.4, -0.2) is 68.5 Å². The molecule has 3 aromatic carbocycles. The van der Waals surface area contributed by atoms with Gasteiger partial charge < -0.3 is 42.6 Å². The van der Waals surface area contributed by atoms with Crippen molar-refractivity contribution in [3.05, 3.63) is 29.3 Å². The van der Waals surface area contributed by atoms with Crippen LogP contribution in [0.4, 0.5) is 0 Å². The molecule has 0 saturated carbocycles. The first-order valence-corrected chi connectivity index (χ1v) is 10.9. The first kappa shape index (κ1) is 25.5. The summed E-state index contributed by atoms with van der Waals surface area (Å²) in [5, 5.41) is 0.806. The van der Waals surface area contributed by atoms with Crippen molar-refractivity contribution in [2.75, 3.05) is 56.6 Å². The maximum Gasteiger partial charge on any atom is 0.345 e. The summed E-state index contributed by atoms with van der Waals surface area (Å²) in [4.78, 5) is 26.4. The smallest absolute Gasteiger partial charge is 0.345 e. The molecule has 0 unspecified atom stereocenters. The van der Waals surface area contributed by atoms with E-state index in [0.717, 1.165) is 0 Å². The van der Waals surface area contributed by atoms with Crippen molar-refractivity contribution in [3.8, 4) is 51.4 Å². The Morgan fingerprint density at radius 2 is 1.27 bits per heavy atom. The number of methoxy groups -OCH3 is 7. The summed E-state index contributed by atoms with van der Waals surface area (Å²) in [6.45, 7) is -0.346. The first-order chi connectivity index (χ1) is 17.9. The summed E-state index contributed by atoms with van der Waals surface area (Å²) >= 11 is 0. The van der Waals surface area contributed by atoms with Gasteiger partial charge in [-0.3, -0.25) is 0 Å². The van der Waals surface area contributed by atoms with Gasteiger partial charge in [-0.05, 0) is 23.8 Å². The Balaban J connectivity index is 2.34. The lowest BCUT2D eigenvalue weighted by Gasteiger charge is -2.26. The molecule has 0 saturated heterocycles. The molecule has 0 aromatic heterocycles. The third-order valence-electron chi connectivity index (χ3n) is 5.99. The molecule has 0 bridgehead atoms. The molecule has 0 radical (unpaired) electrons. The van der Waals surface area contributed by atoms with E-state index in [1.807, 2.05) is 0 Å². The first-order valence-electron chi connectivity index (χ1n) is 10.9. The Bertz CT molecular complexity index is 1370. The van der Waals surface area contributed by atoms with Crippen LogP contribution in [0.5, 0.6) is 40.2 Å². The highest BCUT2D eigenvalue weighted by Crippen LogP contribution is 2.54. The standard InChI is InChI=1S/C26H26O11/c1-29-14-8-12(9-15(30-2)22(14)32-4)17-18-13(10-16(31-3)23(33-5)24(18)34-6)21-20(19(17)25(27)35-7)26(28)37-11-36-21/h8-10H,11H2,1-7H3. The molecule has 196 valence electrons. The Morgan fingerprint density at radius 3 is 1.78 bits per heavy atom. The van der Waals surface area contributed by atoms with E-state index in [9.17, 15) is 9.59 Å². The molecule has 4 rings (SSSR count).